The van der Waals surface area contributed by atoms with Crippen LogP contribution in [0.15, 0.2) is 10.3 Å². The maximum atomic E-state index is 12.6. The molecule has 7 heteroatoms. The van der Waals surface area contributed by atoms with Crippen LogP contribution in [0.25, 0.3) is 0 Å². The molecule has 0 radical (unpaired) electrons. The topological polar surface area (TPSA) is 104 Å². The molecule has 0 spiro atoms. The number of nitrogens with zero attached hydrogens (tertiary/aromatic N) is 2. The molecule has 0 bridgehead atoms. The summed E-state index contributed by atoms with van der Waals surface area (Å²) >= 11 is 0. The first-order valence-corrected chi connectivity index (χ1v) is 11.7. The van der Waals surface area contributed by atoms with Crippen LogP contribution in [-0.4, -0.2) is 52.3 Å². The Hall–Kier alpha value is -1.47. The molecule has 166 valence electrons. The lowest BCUT2D eigenvalue weighted by Gasteiger charge is -2.62. The number of oxime groups is 2. The van der Waals surface area contributed by atoms with Gasteiger partial charge in [0.15, 0.2) is 0 Å². The third-order valence-electron chi connectivity index (χ3n) is 9.68. The number of nitrogens with one attached hydrogen (secondary N) is 1. The highest BCUT2D eigenvalue weighted by atomic mass is 16.6. The summed E-state index contributed by atoms with van der Waals surface area (Å²) in [6, 6.07) is 0. The lowest BCUT2D eigenvalue weighted by molar-refractivity contribution is -0.146. The van der Waals surface area contributed by atoms with Crippen molar-refractivity contribution in [3.05, 3.63) is 0 Å². The van der Waals surface area contributed by atoms with Crippen LogP contribution in [0.4, 0.5) is 0 Å². The number of rotatable bonds is 2. The zero-order chi connectivity index (χ0) is 21.1. The van der Waals surface area contributed by atoms with E-state index in [0.717, 1.165) is 57.3 Å². The minimum Gasteiger partial charge on any atom is -0.411 e. The smallest absolute Gasteiger partial charge is 0.141 e. The molecular formula is C23H35N3O4. The molecule has 0 aromatic carbocycles. The molecule has 5 fully saturated rings. The van der Waals surface area contributed by atoms with E-state index in [1.807, 2.05) is 0 Å². The summed E-state index contributed by atoms with van der Waals surface area (Å²) in [7, 11) is 0. The maximum Gasteiger partial charge on any atom is 0.141 e. The van der Waals surface area contributed by atoms with E-state index in [9.17, 15) is 15.1 Å². The number of Topliss-reactive ketones (excluding diaryl/α,β-unsaturated/α-hetero) is 1. The minimum absolute atomic E-state index is 0.0955. The van der Waals surface area contributed by atoms with Gasteiger partial charge in [-0.15, -0.1) is 0 Å². The summed E-state index contributed by atoms with van der Waals surface area (Å²) in [6.45, 7) is 6.07. The van der Waals surface area contributed by atoms with E-state index in [-0.39, 0.29) is 16.9 Å². The van der Waals surface area contributed by atoms with Crippen LogP contribution >= 0.6 is 0 Å². The summed E-state index contributed by atoms with van der Waals surface area (Å²) in [5, 5.41) is 33.2. The van der Waals surface area contributed by atoms with Gasteiger partial charge in [0.25, 0.3) is 0 Å². The summed E-state index contributed by atoms with van der Waals surface area (Å²) in [6.07, 6.45) is 7.04. The lowest BCUT2D eigenvalue weighted by Crippen LogP contribution is -2.66. The summed E-state index contributed by atoms with van der Waals surface area (Å²) in [5.41, 5.74) is -0.479. The first-order chi connectivity index (χ1) is 14.3. The molecule has 4 saturated carbocycles. The van der Waals surface area contributed by atoms with Gasteiger partial charge < -0.3 is 20.5 Å². The highest BCUT2D eigenvalue weighted by Gasteiger charge is 2.66. The van der Waals surface area contributed by atoms with Gasteiger partial charge in [-0.05, 0) is 62.8 Å². The Labute approximate surface area is 178 Å². The molecule has 1 heterocycles. The molecule has 30 heavy (non-hydrogen) atoms. The minimum atomic E-state index is -1.20. The number of ketones is 1. The molecule has 0 aromatic rings. The number of hydrogen-bond donors (Lipinski definition) is 3. The molecule has 4 aliphatic carbocycles. The van der Waals surface area contributed by atoms with Crippen molar-refractivity contribution >= 4 is 17.2 Å². The van der Waals surface area contributed by atoms with E-state index in [0.29, 0.717) is 48.5 Å². The average Bonchev–Trinajstić information content (AvgIpc) is 3.35. The molecule has 5 rings (SSSR count). The summed E-state index contributed by atoms with van der Waals surface area (Å²) < 4.78 is 0. The molecule has 0 amide bonds. The van der Waals surface area contributed by atoms with Crippen LogP contribution in [0, 0.1) is 28.6 Å². The molecule has 3 N–H and O–H groups in total. The van der Waals surface area contributed by atoms with E-state index in [2.05, 4.69) is 29.5 Å². The van der Waals surface area contributed by atoms with Crippen LogP contribution in [0.1, 0.15) is 71.6 Å². The molecule has 7 nitrogen and oxygen atoms in total. The van der Waals surface area contributed by atoms with Gasteiger partial charge in [0, 0.05) is 36.6 Å². The van der Waals surface area contributed by atoms with Crippen molar-refractivity contribution < 1.29 is 19.9 Å². The zero-order valence-electron chi connectivity index (χ0n) is 18.2. The van der Waals surface area contributed by atoms with Gasteiger partial charge >= 0.3 is 0 Å². The first-order valence-electron chi connectivity index (χ1n) is 11.7. The first kappa shape index (κ1) is 20.4. The standard InChI is InChI=1S/C23H35N3O4/c1-21-8-6-18-16(17(21)3-4-20(21)27)11-19(25-29)23(28)12-14(5-9-22(18,23)2)26-30-15-7-10-24-13-15/h15-18,24,28-29H,3-13H2,1-2H3/b25-19+,26-14-/t15-,16-,17-,18-,21-,22+,23-/m0/s1. The highest BCUT2D eigenvalue weighted by Crippen LogP contribution is 2.65. The van der Waals surface area contributed by atoms with Crippen molar-refractivity contribution in [2.75, 3.05) is 13.1 Å². The summed E-state index contributed by atoms with van der Waals surface area (Å²) in [4.78, 5) is 18.4. The number of carbonyl (C=O) groups is 1. The third-order valence-corrected chi connectivity index (χ3v) is 9.68. The van der Waals surface area contributed by atoms with E-state index >= 15 is 0 Å². The Morgan fingerprint density at radius 3 is 2.70 bits per heavy atom. The predicted molar refractivity (Wildman–Crippen MR) is 113 cm³/mol. The molecular weight excluding hydrogens is 382 g/mol. The van der Waals surface area contributed by atoms with E-state index in [4.69, 9.17) is 4.84 Å². The Morgan fingerprint density at radius 1 is 1.13 bits per heavy atom. The van der Waals surface area contributed by atoms with Crippen LogP contribution in [0.3, 0.4) is 0 Å². The van der Waals surface area contributed by atoms with Gasteiger partial charge in [-0.2, -0.15) is 0 Å². The quantitative estimate of drug-likeness (QED) is 0.473. The number of aliphatic hydroxyl groups is 1. The Bertz CT molecular complexity index is 791. The van der Waals surface area contributed by atoms with Crippen LogP contribution in [-0.2, 0) is 9.63 Å². The normalized spacial score (nSPS) is 51.0. The van der Waals surface area contributed by atoms with Crippen LogP contribution in [0.2, 0.25) is 0 Å². The lowest BCUT2D eigenvalue weighted by atomic mass is 9.43. The van der Waals surface area contributed by atoms with Gasteiger partial charge in [-0.3, -0.25) is 4.79 Å². The Kier molecular flexibility index (Phi) is 4.78. The largest absolute Gasteiger partial charge is 0.411 e. The van der Waals surface area contributed by atoms with Crippen LogP contribution < -0.4 is 5.32 Å². The van der Waals surface area contributed by atoms with E-state index in [1.54, 1.807) is 0 Å². The van der Waals surface area contributed by atoms with Gasteiger partial charge in [-0.25, -0.2) is 0 Å². The molecule has 5 aliphatic rings. The fraction of sp³-hybridized carbons (Fsp3) is 0.870. The van der Waals surface area contributed by atoms with E-state index < -0.39 is 5.60 Å². The molecule has 1 saturated heterocycles. The zero-order valence-corrected chi connectivity index (χ0v) is 18.2. The second kappa shape index (κ2) is 7.02. The second-order valence-electron chi connectivity index (χ2n) is 10.9. The fourth-order valence-electron chi connectivity index (χ4n) is 7.72. The second-order valence-corrected chi connectivity index (χ2v) is 10.9. The van der Waals surface area contributed by atoms with Crippen molar-refractivity contribution in [1.82, 2.24) is 5.32 Å². The predicted octanol–water partition coefficient (Wildman–Crippen LogP) is 2.89. The van der Waals surface area contributed by atoms with Crippen molar-refractivity contribution in [3.63, 3.8) is 0 Å². The van der Waals surface area contributed by atoms with Gasteiger partial charge in [0.2, 0.25) is 0 Å². The van der Waals surface area contributed by atoms with Gasteiger partial charge in [0.05, 0.1) is 11.4 Å². The molecule has 1 aliphatic heterocycles. The van der Waals surface area contributed by atoms with Crippen molar-refractivity contribution in [2.24, 2.45) is 38.9 Å². The van der Waals surface area contributed by atoms with Gasteiger partial charge in [-0.1, -0.05) is 24.2 Å². The number of hydrogen-bond acceptors (Lipinski definition) is 7. The van der Waals surface area contributed by atoms with Crippen molar-refractivity contribution in [1.29, 1.82) is 0 Å². The Balaban J connectivity index is 1.43. The fourth-order valence-corrected chi connectivity index (χ4v) is 7.72. The number of carbonyl (C=O) groups excluding carboxylic acids is 1. The maximum absolute atomic E-state index is 12.6. The third kappa shape index (κ3) is 2.73. The summed E-state index contributed by atoms with van der Waals surface area (Å²) in [5.74, 6) is 1.36. The van der Waals surface area contributed by atoms with Gasteiger partial charge in [0.1, 0.15) is 17.5 Å². The van der Waals surface area contributed by atoms with Crippen LogP contribution in [0.5, 0.6) is 0 Å². The SMILES string of the molecule is C[C@]12CC[C@H]3[C@@H](C/C(=N\O)[C@@]4(O)C/C(=N\O[C@H]5CCNC5)CC[C@]34C)[C@@H]1CCC2=O. The molecule has 7 atom stereocenters. The monoisotopic (exact) mass is 417 g/mol. The molecule has 0 unspecified atom stereocenters. The Morgan fingerprint density at radius 2 is 1.97 bits per heavy atom. The molecule has 0 aromatic heterocycles. The van der Waals surface area contributed by atoms with Crippen molar-refractivity contribution in [3.8, 4) is 0 Å². The number of fused-ring (bicyclic) bond motifs is 5. The van der Waals surface area contributed by atoms with Crippen molar-refractivity contribution in [2.45, 2.75) is 83.3 Å². The average molecular weight is 418 g/mol. The van der Waals surface area contributed by atoms with E-state index in [1.165, 1.54) is 0 Å². The highest BCUT2D eigenvalue weighted by molar-refractivity contribution is 6.00.